The summed E-state index contributed by atoms with van der Waals surface area (Å²) in [5.41, 5.74) is 1.41. The summed E-state index contributed by atoms with van der Waals surface area (Å²) in [6.07, 6.45) is 1.61. The summed E-state index contributed by atoms with van der Waals surface area (Å²) in [5, 5.41) is 2.87. The fourth-order valence-corrected chi connectivity index (χ4v) is 4.36. The molecule has 180 valence electrons. The highest BCUT2D eigenvalue weighted by atomic mass is 79.9. The van der Waals surface area contributed by atoms with Crippen molar-refractivity contribution in [2.75, 3.05) is 30.2 Å². The van der Waals surface area contributed by atoms with E-state index >= 15 is 0 Å². The maximum absolute atomic E-state index is 13.4. The molecule has 0 bridgehead atoms. The van der Waals surface area contributed by atoms with Gasteiger partial charge in [-0.15, -0.1) is 0 Å². The van der Waals surface area contributed by atoms with E-state index in [1.807, 2.05) is 44.2 Å². The second-order valence-electron chi connectivity index (χ2n) is 8.38. The summed E-state index contributed by atoms with van der Waals surface area (Å²) in [6.45, 7) is 6.05. The molecule has 0 aliphatic heterocycles. The maximum Gasteiger partial charge on any atom is 0.244 e. The molecule has 1 N–H and O–H groups in total. The SMILES string of the molecule is CC(C)CNC(=O)[C@H](C)N(CCc1ccccc1)C(=O)CN(c1ccc(Br)cc1)S(C)(=O)=O. The number of hydrogen-bond donors (Lipinski definition) is 1. The molecule has 0 saturated heterocycles. The van der Waals surface area contributed by atoms with Crippen molar-refractivity contribution in [1.29, 1.82) is 0 Å². The number of anilines is 1. The number of nitrogens with zero attached hydrogens (tertiary/aromatic N) is 2. The zero-order valence-corrected chi connectivity index (χ0v) is 21.9. The van der Waals surface area contributed by atoms with E-state index in [1.54, 1.807) is 31.2 Å². The number of amides is 2. The summed E-state index contributed by atoms with van der Waals surface area (Å²) < 4.78 is 26.9. The van der Waals surface area contributed by atoms with E-state index in [2.05, 4.69) is 21.2 Å². The van der Waals surface area contributed by atoms with Crippen LogP contribution in [0.3, 0.4) is 0 Å². The molecule has 0 saturated carbocycles. The summed E-state index contributed by atoms with van der Waals surface area (Å²) in [7, 11) is -3.72. The van der Waals surface area contributed by atoms with Crippen molar-refractivity contribution in [2.24, 2.45) is 5.92 Å². The van der Waals surface area contributed by atoms with Crippen LogP contribution >= 0.6 is 15.9 Å². The van der Waals surface area contributed by atoms with Gasteiger partial charge in [0.2, 0.25) is 21.8 Å². The number of sulfonamides is 1. The van der Waals surface area contributed by atoms with Gasteiger partial charge in [-0.05, 0) is 49.1 Å². The lowest BCUT2D eigenvalue weighted by molar-refractivity contribution is -0.138. The molecular formula is C24H32BrN3O4S. The van der Waals surface area contributed by atoms with E-state index < -0.39 is 28.5 Å². The van der Waals surface area contributed by atoms with E-state index in [0.717, 1.165) is 20.6 Å². The number of carbonyl (C=O) groups excluding carboxylic acids is 2. The van der Waals surface area contributed by atoms with Crippen molar-refractivity contribution >= 4 is 43.5 Å². The van der Waals surface area contributed by atoms with Gasteiger partial charge in [0.25, 0.3) is 0 Å². The molecule has 1 atom stereocenters. The third-order valence-corrected chi connectivity index (χ3v) is 6.80. The average Bonchev–Trinajstić information content (AvgIpc) is 2.76. The number of hydrogen-bond acceptors (Lipinski definition) is 4. The molecule has 0 fully saturated rings. The highest BCUT2D eigenvalue weighted by Crippen LogP contribution is 2.21. The van der Waals surface area contributed by atoms with Crippen LogP contribution in [0.5, 0.6) is 0 Å². The lowest BCUT2D eigenvalue weighted by Gasteiger charge is -2.31. The Kier molecular flexibility index (Phi) is 9.91. The van der Waals surface area contributed by atoms with Gasteiger partial charge in [-0.1, -0.05) is 60.1 Å². The molecule has 2 rings (SSSR count). The van der Waals surface area contributed by atoms with Crippen molar-refractivity contribution in [1.82, 2.24) is 10.2 Å². The van der Waals surface area contributed by atoms with Crippen molar-refractivity contribution in [3.8, 4) is 0 Å². The van der Waals surface area contributed by atoms with Gasteiger partial charge in [0, 0.05) is 17.6 Å². The van der Waals surface area contributed by atoms with Crippen LogP contribution in [0.15, 0.2) is 59.1 Å². The molecular weight excluding hydrogens is 506 g/mol. The van der Waals surface area contributed by atoms with Crippen LogP contribution in [0.2, 0.25) is 0 Å². The van der Waals surface area contributed by atoms with Crippen molar-refractivity contribution < 1.29 is 18.0 Å². The van der Waals surface area contributed by atoms with Crippen LogP contribution in [-0.2, 0) is 26.0 Å². The molecule has 7 nitrogen and oxygen atoms in total. The molecule has 0 heterocycles. The second-order valence-corrected chi connectivity index (χ2v) is 11.2. The van der Waals surface area contributed by atoms with Crippen LogP contribution in [0.1, 0.15) is 26.3 Å². The molecule has 0 unspecified atom stereocenters. The molecule has 0 aromatic heterocycles. The zero-order chi connectivity index (χ0) is 24.6. The van der Waals surface area contributed by atoms with E-state index in [9.17, 15) is 18.0 Å². The van der Waals surface area contributed by atoms with E-state index in [-0.39, 0.29) is 18.4 Å². The minimum absolute atomic E-state index is 0.264. The average molecular weight is 539 g/mol. The number of nitrogens with one attached hydrogen (secondary N) is 1. The molecule has 2 aromatic rings. The predicted octanol–water partition coefficient (Wildman–Crippen LogP) is 3.45. The molecule has 9 heteroatoms. The Bertz CT molecular complexity index is 1030. The van der Waals surface area contributed by atoms with Crippen LogP contribution in [0, 0.1) is 5.92 Å². The Balaban J connectivity index is 2.27. The number of benzene rings is 2. The third kappa shape index (κ3) is 8.47. The highest BCUT2D eigenvalue weighted by molar-refractivity contribution is 9.10. The molecule has 0 aliphatic carbocycles. The van der Waals surface area contributed by atoms with Crippen LogP contribution in [0.4, 0.5) is 5.69 Å². The quantitative estimate of drug-likeness (QED) is 0.475. The van der Waals surface area contributed by atoms with E-state index in [1.165, 1.54) is 4.90 Å². The van der Waals surface area contributed by atoms with Gasteiger partial charge in [0.05, 0.1) is 11.9 Å². The van der Waals surface area contributed by atoms with Crippen molar-refractivity contribution in [3.05, 3.63) is 64.6 Å². The van der Waals surface area contributed by atoms with Gasteiger partial charge in [0.15, 0.2) is 0 Å². The third-order valence-electron chi connectivity index (χ3n) is 5.13. The Morgan fingerprint density at radius 3 is 2.15 bits per heavy atom. The van der Waals surface area contributed by atoms with E-state index in [4.69, 9.17) is 0 Å². The van der Waals surface area contributed by atoms with Crippen LogP contribution in [0.25, 0.3) is 0 Å². The lowest BCUT2D eigenvalue weighted by Crippen LogP contribution is -2.52. The minimum atomic E-state index is -3.72. The van der Waals surface area contributed by atoms with Gasteiger partial charge < -0.3 is 10.2 Å². The van der Waals surface area contributed by atoms with Crippen molar-refractivity contribution in [2.45, 2.75) is 33.2 Å². The maximum atomic E-state index is 13.4. The summed E-state index contributed by atoms with van der Waals surface area (Å²) in [5.74, 6) is -0.432. The standard InChI is InChI=1S/C24H32BrN3O4S/c1-18(2)16-26-24(30)19(3)27(15-14-20-8-6-5-7-9-20)23(29)17-28(33(4,31)32)22-12-10-21(25)11-13-22/h5-13,18-19H,14-17H2,1-4H3,(H,26,30)/t19-/m0/s1. The summed E-state index contributed by atoms with van der Waals surface area (Å²) in [4.78, 5) is 27.6. The summed E-state index contributed by atoms with van der Waals surface area (Å²) >= 11 is 3.33. The smallest absolute Gasteiger partial charge is 0.244 e. The fraction of sp³-hybridized carbons (Fsp3) is 0.417. The Morgan fingerprint density at radius 2 is 1.61 bits per heavy atom. The molecule has 0 spiro atoms. The number of carbonyl (C=O) groups is 2. The molecule has 0 radical (unpaired) electrons. The first kappa shape index (κ1) is 26.9. The van der Waals surface area contributed by atoms with Crippen molar-refractivity contribution in [3.63, 3.8) is 0 Å². The van der Waals surface area contributed by atoms with Gasteiger partial charge in [0.1, 0.15) is 12.6 Å². The molecule has 0 aliphatic rings. The van der Waals surface area contributed by atoms with Gasteiger partial charge in [-0.25, -0.2) is 8.42 Å². The Hall–Kier alpha value is -2.39. The fourth-order valence-electron chi connectivity index (χ4n) is 3.24. The normalized spacial score (nSPS) is 12.3. The minimum Gasteiger partial charge on any atom is -0.354 e. The number of rotatable bonds is 11. The van der Waals surface area contributed by atoms with Crippen LogP contribution in [-0.4, -0.2) is 57.1 Å². The highest BCUT2D eigenvalue weighted by Gasteiger charge is 2.29. The van der Waals surface area contributed by atoms with Crippen LogP contribution < -0.4 is 9.62 Å². The second kappa shape index (κ2) is 12.2. The van der Waals surface area contributed by atoms with E-state index in [0.29, 0.717) is 18.7 Å². The number of halogens is 1. The Labute approximate surface area is 205 Å². The van der Waals surface area contributed by atoms with Gasteiger partial charge in [-0.3, -0.25) is 13.9 Å². The zero-order valence-electron chi connectivity index (χ0n) is 19.5. The van der Waals surface area contributed by atoms with Gasteiger partial charge in [-0.2, -0.15) is 0 Å². The first-order chi connectivity index (χ1) is 15.5. The largest absolute Gasteiger partial charge is 0.354 e. The molecule has 2 aromatic carbocycles. The first-order valence-corrected chi connectivity index (χ1v) is 13.5. The predicted molar refractivity (Wildman–Crippen MR) is 136 cm³/mol. The Morgan fingerprint density at radius 1 is 1.00 bits per heavy atom. The molecule has 33 heavy (non-hydrogen) atoms. The first-order valence-electron chi connectivity index (χ1n) is 10.8. The monoisotopic (exact) mass is 537 g/mol. The summed E-state index contributed by atoms with van der Waals surface area (Å²) in [6, 6.07) is 15.6. The lowest BCUT2D eigenvalue weighted by atomic mass is 10.1. The molecule has 2 amide bonds. The topological polar surface area (TPSA) is 86.8 Å². The van der Waals surface area contributed by atoms with Gasteiger partial charge >= 0.3 is 0 Å².